The van der Waals surface area contributed by atoms with Gasteiger partial charge in [-0.15, -0.1) is 0 Å². The third-order valence-corrected chi connectivity index (χ3v) is 6.80. The van der Waals surface area contributed by atoms with Gasteiger partial charge in [-0.3, -0.25) is 4.79 Å². The predicted octanol–water partition coefficient (Wildman–Crippen LogP) is 3.94. The molecule has 1 N–H and O–H groups in total. The Kier molecular flexibility index (Phi) is 6.64. The summed E-state index contributed by atoms with van der Waals surface area (Å²) in [6.45, 7) is 0.546. The Labute approximate surface area is 191 Å². The van der Waals surface area contributed by atoms with Crippen LogP contribution in [0, 0.1) is 0 Å². The first-order valence-electron chi connectivity index (χ1n) is 9.91. The van der Waals surface area contributed by atoms with E-state index >= 15 is 0 Å². The maximum atomic E-state index is 13.3. The second-order valence-corrected chi connectivity index (χ2v) is 9.50. The number of ether oxygens (including phenoxy) is 2. The molecule has 1 aliphatic heterocycles. The van der Waals surface area contributed by atoms with E-state index in [1.165, 1.54) is 12.1 Å². The zero-order valence-corrected chi connectivity index (χ0v) is 18.6. The molecule has 166 valence electrons. The van der Waals surface area contributed by atoms with Crippen LogP contribution in [0.15, 0.2) is 77.7 Å². The number of hydrogen-bond acceptors (Lipinski definition) is 5. The minimum absolute atomic E-state index is 0.0214. The first-order chi connectivity index (χ1) is 15.4. The molecule has 0 spiro atoms. The number of halogens is 1. The van der Waals surface area contributed by atoms with Gasteiger partial charge in [0.25, 0.3) is 0 Å². The average Bonchev–Trinajstić information content (AvgIpc) is 2.79. The number of carbonyl (C=O) groups excluding carboxylic acids is 1. The van der Waals surface area contributed by atoms with Gasteiger partial charge in [0, 0.05) is 23.3 Å². The Morgan fingerprint density at radius 1 is 0.938 bits per heavy atom. The molecule has 0 aliphatic carbocycles. The number of nitrogens with one attached hydrogen (secondary N) is 1. The third kappa shape index (κ3) is 5.21. The first kappa shape index (κ1) is 22.1. The Hall–Kier alpha value is -3.07. The van der Waals surface area contributed by atoms with Crippen LogP contribution in [0.25, 0.3) is 0 Å². The topological polar surface area (TPSA) is 84.9 Å². The summed E-state index contributed by atoms with van der Waals surface area (Å²) in [5, 5.41) is 3.03. The second kappa shape index (κ2) is 9.60. The summed E-state index contributed by atoms with van der Waals surface area (Å²) in [5.41, 5.74) is 1.24. The minimum atomic E-state index is -3.98. The molecular formula is C23H21ClN2O5S. The van der Waals surface area contributed by atoms with E-state index in [0.717, 1.165) is 9.87 Å². The molecule has 4 rings (SSSR count). The van der Waals surface area contributed by atoms with Gasteiger partial charge >= 0.3 is 0 Å². The molecule has 0 atom stereocenters. The van der Waals surface area contributed by atoms with Crippen LogP contribution in [-0.2, 0) is 21.4 Å². The van der Waals surface area contributed by atoms with Crippen molar-refractivity contribution in [3.05, 3.63) is 83.4 Å². The summed E-state index contributed by atoms with van der Waals surface area (Å²) in [7, 11) is -3.98. The van der Waals surface area contributed by atoms with Crippen molar-refractivity contribution >= 4 is 33.2 Å². The molecular weight excluding hydrogens is 452 g/mol. The van der Waals surface area contributed by atoms with Gasteiger partial charge in [0.05, 0.1) is 11.4 Å². The molecule has 0 aromatic heterocycles. The maximum Gasteiger partial charge on any atom is 0.243 e. The maximum absolute atomic E-state index is 13.3. The SMILES string of the molecule is O=C(CN(Cc1ccccc1)S(=O)(=O)c1cccc(Cl)c1)Nc1ccc2c(c1)OCCO2. The summed E-state index contributed by atoms with van der Waals surface area (Å²) < 4.78 is 38.8. The summed E-state index contributed by atoms with van der Waals surface area (Å²) in [6.07, 6.45) is 0. The van der Waals surface area contributed by atoms with Gasteiger partial charge in [0.1, 0.15) is 13.2 Å². The Bertz CT molecular complexity index is 1220. The van der Waals surface area contributed by atoms with Crippen LogP contribution in [-0.4, -0.2) is 38.4 Å². The average molecular weight is 473 g/mol. The number of amides is 1. The molecule has 1 heterocycles. The van der Waals surface area contributed by atoms with Crippen molar-refractivity contribution in [3.63, 3.8) is 0 Å². The van der Waals surface area contributed by atoms with Crippen molar-refractivity contribution in [1.82, 2.24) is 4.31 Å². The van der Waals surface area contributed by atoms with Crippen LogP contribution >= 0.6 is 11.6 Å². The van der Waals surface area contributed by atoms with E-state index in [1.807, 2.05) is 18.2 Å². The van der Waals surface area contributed by atoms with Gasteiger partial charge in [-0.25, -0.2) is 8.42 Å². The van der Waals surface area contributed by atoms with Crippen molar-refractivity contribution in [2.45, 2.75) is 11.4 Å². The smallest absolute Gasteiger partial charge is 0.243 e. The lowest BCUT2D eigenvalue weighted by molar-refractivity contribution is -0.116. The molecule has 1 amide bonds. The van der Waals surface area contributed by atoms with Crippen LogP contribution < -0.4 is 14.8 Å². The Balaban J connectivity index is 1.56. The van der Waals surface area contributed by atoms with E-state index in [1.54, 1.807) is 42.5 Å². The zero-order valence-electron chi connectivity index (χ0n) is 17.0. The highest BCUT2D eigenvalue weighted by atomic mass is 35.5. The first-order valence-corrected chi connectivity index (χ1v) is 11.7. The van der Waals surface area contributed by atoms with E-state index in [4.69, 9.17) is 21.1 Å². The third-order valence-electron chi connectivity index (χ3n) is 4.78. The highest BCUT2D eigenvalue weighted by Gasteiger charge is 2.27. The van der Waals surface area contributed by atoms with Gasteiger partial charge in [0.15, 0.2) is 11.5 Å². The standard InChI is InChI=1S/C23H21ClN2O5S/c24-18-7-4-8-20(13-18)32(28,29)26(15-17-5-2-1-3-6-17)16-23(27)25-19-9-10-21-22(14-19)31-12-11-30-21/h1-10,13-14H,11-12,15-16H2,(H,25,27). The van der Waals surface area contributed by atoms with Crippen LogP contribution in [0.3, 0.4) is 0 Å². The molecule has 0 unspecified atom stereocenters. The van der Waals surface area contributed by atoms with Gasteiger partial charge in [0.2, 0.25) is 15.9 Å². The quantitative estimate of drug-likeness (QED) is 0.563. The summed E-state index contributed by atoms with van der Waals surface area (Å²) in [6, 6.07) is 20.1. The van der Waals surface area contributed by atoms with Crippen LogP contribution in [0.2, 0.25) is 5.02 Å². The van der Waals surface area contributed by atoms with Gasteiger partial charge in [-0.1, -0.05) is 48.0 Å². The molecule has 9 heteroatoms. The highest BCUT2D eigenvalue weighted by molar-refractivity contribution is 7.89. The highest BCUT2D eigenvalue weighted by Crippen LogP contribution is 2.32. The number of carbonyl (C=O) groups is 1. The van der Waals surface area contributed by atoms with Gasteiger partial charge in [-0.2, -0.15) is 4.31 Å². The number of benzene rings is 3. The van der Waals surface area contributed by atoms with E-state index < -0.39 is 15.9 Å². The van der Waals surface area contributed by atoms with Crippen LogP contribution in [0.5, 0.6) is 11.5 Å². The lowest BCUT2D eigenvalue weighted by atomic mass is 10.2. The molecule has 3 aromatic carbocycles. The molecule has 0 fully saturated rings. The van der Waals surface area contributed by atoms with E-state index in [9.17, 15) is 13.2 Å². The van der Waals surface area contributed by atoms with Gasteiger partial charge in [-0.05, 0) is 35.9 Å². The number of hydrogen-bond donors (Lipinski definition) is 1. The molecule has 0 radical (unpaired) electrons. The monoisotopic (exact) mass is 472 g/mol. The number of rotatable bonds is 7. The lowest BCUT2D eigenvalue weighted by Crippen LogP contribution is -2.37. The minimum Gasteiger partial charge on any atom is -0.486 e. The normalized spacial score (nSPS) is 13.1. The van der Waals surface area contributed by atoms with Crippen molar-refractivity contribution in [1.29, 1.82) is 0 Å². The van der Waals surface area contributed by atoms with Crippen molar-refractivity contribution in [2.24, 2.45) is 0 Å². The van der Waals surface area contributed by atoms with Crippen molar-refractivity contribution in [3.8, 4) is 11.5 Å². The Morgan fingerprint density at radius 3 is 2.44 bits per heavy atom. The number of sulfonamides is 1. The number of anilines is 1. The van der Waals surface area contributed by atoms with E-state index in [-0.39, 0.29) is 18.0 Å². The molecule has 32 heavy (non-hydrogen) atoms. The fraction of sp³-hybridized carbons (Fsp3) is 0.174. The number of nitrogens with zero attached hydrogens (tertiary/aromatic N) is 1. The molecule has 0 saturated heterocycles. The Morgan fingerprint density at radius 2 is 1.69 bits per heavy atom. The largest absolute Gasteiger partial charge is 0.486 e. The van der Waals surface area contributed by atoms with Gasteiger partial charge < -0.3 is 14.8 Å². The zero-order chi connectivity index (χ0) is 22.6. The van der Waals surface area contributed by atoms with Crippen LogP contribution in [0.1, 0.15) is 5.56 Å². The lowest BCUT2D eigenvalue weighted by Gasteiger charge is -2.22. The summed E-state index contributed by atoms with van der Waals surface area (Å²) >= 11 is 6.00. The summed E-state index contributed by atoms with van der Waals surface area (Å²) in [5.74, 6) is 0.647. The molecule has 7 nitrogen and oxygen atoms in total. The molecule has 3 aromatic rings. The molecule has 0 saturated carbocycles. The van der Waals surface area contributed by atoms with E-state index in [0.29, 0.717) is 35.4 Å². The fourth-order valence-corrected chi connectivity index (χ4v) is 4.96. The molecule has 1 aliphatic rings. The second-order valence-electron chi connectivity index (χ2n) is 7.12. The fourth-order valence-electron chi connectivity index (χ4n) is 3.27. The van der Waals surface area contributed by atoms with Crippen molar-refractivity contribution < 1.29 is 22.7 Å². The molecule has 0 bridgehead atoms. The van der Waals surface area contributed by atoms with Crippen LogP contribution in [0.4, 0.5) is 5.69 Å². The van der Waals surface area contributed by atoms with E-state index in [2.05, 4.69) is 5.32 Å². The summed E-state index contributed by atoms with van der Waals surface area (Å²) in [4.78, 5) is 12.8. The number of fused-ring (bicyclic) bond motifs is 1. The van der Waals surface area contributed by atoms with Crippen molar-refractivity contribution in [2.75, 3.05) is 25.1 Å². The predicted molar refractivity (Wildman–Crippen MR) is 122 cm³/mol.